The molecule has 6 nitrogen and oxygen atoms in total. The van der Waals surface area contributed by atoms with Crippen LogP contribution in [-0.2, 0) is 4.84 Å². The Balaban J connectivity index is 1.68. The zero-order valence-corrected chi connectivity index (χ0v) is 17.8. The van der Waals surface area contributed by atoms with Gasteiger partial charge in [0.1, 0.15) is 5.82 Å². The van der Waals surface area contributed by atoms with E-state index in [2.05, 4.69) is 47.7 Å². The summed E-state index contributed by atoms with van der Waals surface area (Å²) in [6.07, 6.45) is 7.00. The number of hydrogen-bond donors (Lipinski definition) is 0. The number of aryl methyl sites for hydroxylation is 1. The number of oxime groups is 1. The van der Waals surface area contributed by atoms with Gasteiger partial charge in [0.25, 0.3) is 0 Å². The van der Waals surface area contributed by atoms with E-state index in [4.69, 9.17) is 9.57 Å². The van der Waals surface area contributed by atoms with Crippen molar-refractivity contribution in [2.75, 3.05) is 19.7 Å². The van der Waals surface area contributed by atoms with E-state index in [0.29, 0.717) is 11.8 Å². The summed E-state index contributed by atoms with van der Waals surface area (Å²) in [5, 5.41) is 4.28. The number of piperidine rings is 1. The standard InChI is InChI=1S/C21H36N4O2/c1-15(2)17(4)24-27-19(6)25-10-7-20(8-11-25)16(3)9-12-26-21-13-22-18(5)23-14-21/h13-16,19-20H,7-12H2,1-6H3/b24-17+/t16-,19?/m1/s1. The van der Waals surface area contributed by atoms with Gasteiger partial charge in [0, 0.05) is 13.1 Å². The molecule has 1 aliphatic rings. The maximum atomic E-state index is 5.79. The lowest BCUT2D eigenvalue weighted by atomic mass is 9.84. The van der Waals surface area contributed by atoms with Crippen molar-refractivity contribution in [1.82, 2.24) is 14.9 Å². The molecule has 0 N–H and O–H groups in total. The van der Waals surface area contributed by atoms with Crippen LogP contribution in [0.2, 0.25) is 0 Å². The second kappa shape index (κ2) is 10.6. The van der Waals surface area contributed by atoms with Gasteiger partial charge < -0.3 is 9.57 Å². The molecule has 0 amide bonds. The first-order valence-corrected chi connectivity index (χ1v) is 10.2. The molecule has 0 aromatic carbocycles. The Labute approximate surface area is 164 Å². The fourth-order valence-corrected chi connectivity index (χ4v) is 3.24. The summed E-state index contributed by atoms with van der Waals surface area (Å²) in [5.74, 6) is 3.34. The minimum absolute atomic E-state index is 0.0415. The average Bonchev–Trinajstić information content (AvgIpc) is 2.67. The van der Waals surface area contributed by atoms with Gasteiger partial charge in [-0.3, -0.25) is 4.90 Å². The number of hydrogen-bond acceptors (Lipinski definition) is 6. The molecule has 27 heavy (non-hydrogen) atoms. The molecule has 0 spiro atoms. The maximum Gasteiger partial charge on any atom is 0.178 e. The minimum atomic E-state index is 0.0415. The Morgan fingerprint density at radius 3 is 2.41 bits per heavy atom. The Kier molecular flexibility index (Phi) is 8.48. The topological polar surface area (TPSA) is 59.8 Å². The molecular weight excluding hydrogens is 340 g/mol. The van der Waals surface area contributed by atoms with Crippen LogP contribution in [-0.4, -0.2) is 46.5 Å². The summed E-state index contributed by atoms with van der Waals surface area (Å²) in [5.41, 5.74) is 1.05. The molecule has 1 aliphatic heterocycles. The third-order valence-electron chi connectivity index (χ3n) is 5.68. The van der Waals surface area contributed by atoms with Gasteiger partial charge in [-0.05, 0) is 57.8 Å². The van der Waals surface area contributed by atoms with Crippen molar-refractivity contribution in [3.05, 3.63) is 18.2 Å². The molecule has 2 atom stereocenters. The first-order valence-electron chi connectivity index (χ1n) is 10.2. The Morgan fingerprint density at radius 1 is 1.19 bits per heavy atom. The summed E-state index contributed by atoms with van der Waals surface area (Å²) >= 11 is 0. The Morgan fingerprint density at radius 2 is 1.81 bits per heavy atom. The van der Waals surface area contributed by atoms with Gasteiger partial charge in [-0.2, -0.15) is 0 Å². The van der Waals surface area contributed by atoms with Crippen LogP contribution < -0.4 is 4.74 Å². The van der Waals surface area contributed by atoms with Crippen molar-refractivity contribution >= 4 is 5.71 Å². The van der Waals surface area contributed by atoms with Crippen molar-refractivity contribution in [2.24, 2.45) is 22.9 Å². The Bertz CT molecular complexity index is 580. The number of likely N-dealkylation sites (tertiary alicyclic amines) is 1. The van der Waals surface area contributed by atoms with E-state index in [0.717, 1.165) is 49.3 Å². The third kappa shape index (κ3) is 7.09. The molecule has 0 radical (unpaired) electrons. The van der Waals surface area contributed by atoms with Gasteiger partial charge >= 0.3 is 0 Å². The highest BCUT2D eigenvalue weighted by molar-refractivity contribution is 5.83. The van der Waals surface area contributed by atoms with Gasteiger partial charge in [-0.25, -0.2) is 9.97 Å². The highest BCUT2D eigenvalue weighted by Crippen LogP contribution is 2.28. The second-order valence-corrected chi connectivity index (χ2v) is 8.05. The smallest absolute Gasteiger partial charge is 0.178 e. The van der Waals surface area contributed by atoms with Crippen LogP contribution in [0.4, 0.5) is 0 Å². The summed E-state index contributed by atoms with van der Waals surface area (Å²) in [7, 11) is 0. The van der Waals surface area contributed by atoms with Gasteiger partial charge in [-0.1, -0.05) is 25.9 Å². The summed E-state index contributed by atoms with van der Waals surface area (Å²) in [6.45, 7) is 15.5. The first kappa shape index (κ1) is 21.6. The second-order valence-electron chi connectivity index (χ2n) is 8.05. The number of ether oxygens (including phenoxy) is 1. The highest BCUT2D eigenvalue weighted by Gasteiger charge is 2.27. The SMILES string of the molecule is C/C(=N\OC(C)N1CCC([C@H](C)CCOc2cnc(C)nc2)CC1)C(C)C. The minimum Gasteiger partial charge on any atom is -0.490 e. The molecule has 0 bridgehead atoms. The predicted octanol–water partition coefficient (Wildman–Crippen LogP) is 4.30. The van der Waals surface area contributed by atoms with Crippen molar-refractivity contribution in [1.29, 1.82) is 0 Å². The lowest BCUT2D eigenvalue weighted by molar-refractivity contribution is -0.0625. The van der Waals surface area contributed by atoms with Crippen LogP contribution in [0, 0.1) is 24.7 Å². The molecular formula is C21H36N4O2. The quantitative estimate of drug-likeness (QED) is 0.475. The number of nitrogens with zero attached hydrogens (tertiary/aromatic N) is 4. The normalized spacial score (nSPS) is 19.1. The van der Waals surface area contributed by atoms with Crippen LogP contribution >= 0.6 is 0 Å². The molecule has 6 heteroatoms. The predicted molar refractivity (Wildman–Crippen MR) is 109 cm³/mol. The van der Waals surface area contributed by atoms with E-state index in [-0.39, 0.29) is 6.23 Å². The molecule has 1 aromatic rings. The molecule has 2 heterocycles. The molecule has 152 valence electrons. The monoisotopic (exact) mass is 376 g/mol. The van der Waals surface area contributed by atoms with Crippen LogP contribution in [0.1, 0.15) is 59.7 Å². The van der Waals surface area contributed by atoms with Crippen LogP contribution in [0.15, 0.2) is 17.5 Å². The molecule has 1 fully saturated rings. The fraction of sp³-hybridized carbons (Fsp3) is 0.762. The van der Waals surface area contributed by atoms with Crippen LogP contribution in [0.3, 0.4) is 0 Å². The van der Waals surface area contributed by atoms with E-state index in [1.54, 1.807) is 12.4 Å². The molecule has 2 rings (SSSR count). The van der Waals surface area contributed by atoms with Crippen molar-refractivity contribution in [3.8, 4) is 5.75 Å². The van der Waals surface area contributed by atoms with Gasteiger partial charge in [0.2, 0.25) is 0 Å². The number of aromatic nitrogens is 2. The zero-order valence-electron chi connectivity index (χ0n) is 17.8. The van der Waals surface area contributed by atoms with Gasteiger partial charge in [0.05, 0.1) is 24.7 Å². The molecule has 0 aliphatic carbocycles. The van der Waals surface area contributed by atoms with Crippen molar-refractivity contribution in [3.63, 3.8) is 0 Å². The largest absolute Gasteiger partial charge is 0.490 e. The van der Waals surface area contributed by atoms with E-state index in [1.165, 1.54) is 12.8 Å². The lowest BCUT2D eigenvalue weighted by Crippen LogP contribution is -2.42. The van der Waals surface area contributed by atoms with Crippen molar-refractivity contribution < 1.29 is 9.57 Å². The van der Waals surface area contributed by atoms with Gasteiger partial charge in [0.15, 0.2) is 12.0 Å². The highest BCUT2D eigenvalue weighted by atomic mass is 16.6. The molecule has 1 unspecified atom stereocenters. The Hall–Kier alpha value is -1.69. The lowest BCUT2D eigenvalue weighted by Gasteiger charge is -2.36. The first-order chi connectivity index (χ1) is 12.9. The summed E-state index contributed by atoms with van der Waals surface area (Å²) in [6, 6.07) is 0. The summed E-state index contributed by atoms with van der Waals surface area (Å²) < 4.78 is 5.79. The van der Waals surface area contributed by atoms with E-state index < -0.39 is 0 Å². The molecule has 1 saturated heterocycles. The maximum absolute atomic E-state index is 5.79. The fourth-order valence-electron chi connectivity index (χ4n) is 3.24. The van der Waals surface area contributed by atoms with E-state index >= 15 is 0 Å². The van der Waals surface area contributed by atoms with Crippen molar-refractivity contribution in [2.45, 2.75) is 67.0 Å². The summed E-state index contributed by atoms with van der Waals surface area (Å²) in [4.78, 5) is 16.4. The van der Waals surface area contributed by atoms with Crippen LogP contribution in [0.25, 0.3) is 0 Å². The third-order valence-corrected chi connectivity index (χ3v) is 5.68. The molecule has 0 saturated carbocycles. The molecule has 1 aromatic heterocycles. The van der Waals surface area contributed by atoms with Crippen LogP contribution in [0.5, 0.6) is 5.75 Å². The van der Waals surface area contributed by atoms with E-state index in [9.17, 15) is 0 Å². The zero-order chi connectivity index (χ0) is 19.8. The number of rotatable bonds is 9. The average molecular weight is 377 g/mol. The van der Waals surface area contributed by atoms with E-state index in [1.807, 2.05) is 13.8 Å². The van der Waals surface area contributed by atoms with Gasteiger partial charge in [-0.15, -0.1) is 0 Å².